The van der Waals surface area contributed by atoms with Crippen LogP contribution in [0.1, 0.15) is 22.8 Å². The molecule has 2 aromatic rings. The first kappa shape index (κ1) is 17.0. The third-order valence-electron chi connectivity index (χ3n) is 3.29. The number of amides is 1. The molecular formula is C16H13F4NO2. The molecule has 1 amide bonds. The quantitative estimate of drug-likeness (QED) is 0.849. The molecule has 1 atom stereocenters. The Balaban J connectivity index is 2.11. The zero-order valence-corrected chi connectivity index (χ0v) is 12.0. The second-order valence-corrected chi connectivity index (χ2v) is 5.21. The Kier molecular flexibility index (Phi) is 4.70. The fourth-order valence-electron chi connectivity index (χ4n) is 2.01. The summed E-state index contributed by atoms with van der Waals surface area (Å²) in [6, 6.07) is 5.22. The number of halogens is 4. The first-order chi connectivity index (χ1) is 10.7. The van der Waals surface area contributed by atoms with Gasteiger partial charge in [-0.2, -0.15) is 0 Å². The van der Waals surface area contributed by atoms with Crippen LogP contribution in [0, 0.1) is 23.3 Å². The van der Waals surface area contributed by atoms with E-state index in [1.165, 1.54) is 6.92 Å². The standard InChI is InChI=1S/C16H13F4NO2/c1-16(23,11-4-3-10(17)7-13(11)19)8-21-15(22)9-2-5-12(18)14(20)6-9/h2-7,23H,8H2,1H3,(H,21,22). The molecule has 0 aliphatic rings. The minimum atomic E-state index is -1.81. The predicted molar refractivity (Wildman–Crippen MR) is 74.6 cm³/mol. The highest BCUT2D eigenvalue weighted by molar-refractivity contribution is 5.94. The smallest absolute Gasteiger partial charge is 0.251 e. The van der Waals surface area contributed by atoms with Crippen LogP contribution in [-0.4, -0.2) is 17.6 Å². The maximum Gasteiger partial charge on any atom is 0.251 e. The molecule has 122 valence electrons. The molecule has 1 unspecified atom stereocenters. The Morgan fingerprint density at radius 3 is 2.35 bits per heavy atom. The lowest BCUT2D eigenvalue weighted by molar-refractivity contribution is 0.0494. The summed E-state index contributed by atoms with van der Waals surface area (Å²) in [5.74, 6) is -4.81. The third-order valence-corrected chi connectivity index (χ3v) is 3.29. The minimum Gasteiger partial charge on any atom is -0.383 e. The van der Waals surface area contributed by atoms with Crippen molar-refractivity contribution in [1.29, 1.82) is 0 Å². The largest absolute Gasteiger partial charge is 0.383 e. The molecule has 3 nitrogen and oxygen atoms in total. The third kappa shape index (κ3) is 3.87. The molecule has 7 heteroatoms. The summed E-state index contributed by atoms with van der Waals surface area (Å²) in [6.07, 6.45) is 0. The number of nitrogens with one attached hydrogen (secondary N) is 1. The highest BCUT2D eigenvalue weighted by Gasteiger charge is 2.27. The van der Waals surface area contributed by atoms with Gasteiger partial charge in [-0.25, -0.2) is 17.6 Å². The van der Waals surface area contributed by atoms with E-state index in [0.29, 0.717) is 12.1 Å². The van der Waals surface area contributed by atoms with E-state index in [1.54, 1.807) is 0 Å². The van der Waals surface area contributed by atoms with Crippen molar-refractivity contribution in [3.63, 3.8) is 0 Å². The Morgan fingerprint density at radius 2 is 1.74 bits per heavy atom. The SMILES string of the molecule is CC(O)(CNC(=O)c1ccc(F)c(F)c1)c1ccc(F)cc1F. The Hall–Kier alpha value is -2.41. The molecule has 2 N–H and O–H groups in total. The molecule has 0 heterocycles. The number of rotatable bonds is 4. The van der Waals surface area contributed by atoms with Crippen LogP contribution in [0.15, 0.2) is 36.4 Å². The molecule has 23 heavy (non-hydrogen) atoms. The van der Waals surface area contributed by atoms with Crippen molar-refractivity contribution in [1.82, 2.24) is 5.32 Å². The fraction of sp³-hybridized carbons (Fsp3) is 0.188. The van der Waals surface area contributed by atoms with Gasteiger partial charge in [-0.1, -0.05) is 6.07 Å². The van der Waals surface area contributed by atoms with Gasteiger partial charge in [0.05, 0.1) is 6.54 Å². The van der Waals surface area contributed by atoms with E-state index in [1.807, 2.05) is 0 Å². The first-order valence-corrected chi connectivity index (χ1v) is 6.62. The van der Waals surface area contributed by atoms with Crippen molar-refractivity contribution in [3.8, 4) is 0 Å². The van der Waals surface area contributed by atoms with Crippen molar-refractivity contribution < 1.29 is 27.5 Å². The molecule has 0 fully saturated rings. The van der Waals surface area contributed by atoms with Crippen molar-refractivity contribution >= 4 is 5.91 Å². The summed E-state index contributed by atoms with van der Waals surface area (Å²) in [5, 5.41) is 12.5. The zero-order chi connectivity index (χ0) is 17.2. The Labute approximate surface area is 129 Å². The molecule has 0 aliphatic heterocycles. The molecule has 0 aromatic heterocycles. The first-order valence-electron chi connectivity index (χ1n) is 6.62. The van der Waals surface area contributed by atoms with E-state index >= 15 is 0 Å². The lowest BCUT2D eigenvalue weighted by Crippen LogP contribution is -2.39. The number of aliphatic hydroxyl groups is 1. The van der Waals surface area contributed by atoms with E-state index < -0.39 is 41.3 Å². The predicted octanol–water partition coefficient (Wildman–Crippen LogP) is 2.88. The van der Waals surface area contributed by atoms with Crippen LogP contribution in [0.4, 0.5) is 17.6 Å². The van der Waals surface area contributed by atoms with Gasteiger partial charge < -0.3 is 10.4 Å². The number of carbonyl (C=O) groups is 1. The van der Waals surface area contributed by atoms with Crippen LogP contribution in [0.3, 0.4) is 0 Å². The average Bonchev–Trinajstić information content (AvgIpc) is 2.47. The monoisotopic (exact) mass is 327 g/mol. The maximum atomic E-state index is 13.7. The van der Waals surface area contributed by atoms with Crippen molar-refractivity contribution in [2.45, 2.75) is 12.5 Å². The Morgan fingerprint density at radius 1 is 1.04 bits per heavy atom. The fourth-order valence-corrected chi connectivity index (χ4v) is 2.01. The Bertz CT molecular complexity index is 747. The van der Waals surface area contributed by atoms with Crippen molar-refractivity contribution in [2.24, 2.45) is 0 Å². The molecule has 2 rings (SSSR count). The van der Waals surface area contributed by atoms with E-state index in [9.17, 15) is 27.5 Å². The molecule has 0 radical (unpaired) electrons. The van der Waals surface area contributed by atoms with Crippen molar-refractivity contribution in [3.05, 3.63) is 70.8 Å². The minimum absolute atomic E-state index is 0.153. The molecule has 0 bridgehead atoms. The van der Waals surface area contributed by atoms with Gasteiger partial charge in [0.2, 0.25) is 0 Å². The summed E-state index contributed by atoms with van der Waals surface area (Å²) in [6.45, 7) is 0.822. The van der Waals surface area contributed by atoms with Gasteiger partial charge >= 0.3 is 0 Å². The molecule has 0 aliphatic carbocycles. The van der Waals surface area contributed by atoms with Crippen LogP contribution >= 0.6 is 0 Å². The van der Waals surface area contributed by atoms with Crippen LogP contribution in [0.2, 0.25) is 0 Å². The van der Waals surface area contributed by atoms with Gasteiger partial charge in [0.1, 0.15) is 17.2 Å². The summed E-state index contributed by atoms with van der Waals surface area (Å²) >= 11 is 0. The summed E-state index contributed by atoms with van der Waals surface area (Å²) < 4.78 is 52.5. The normalized spacial score (nSPS) is 13.5. The molecular weight excluding hydrogens is 314 g/mol. The van der Waals surface area contributed by atoms with Gasteiger partial charge in [0.25, 0.3) is 5.91 Å². The second-order valence-electron chi connectivity index (χ2n) is 5.21. The van der Waals surface area contributed by atoms with Crippen LogP contribution in [0.5, 0.6) is 0 Å². The van der Waals surface area contributed by atoms with Gasteiger partial charge in [-0.3, -0.25) is 4.79 Å². The topological polar surface area (TPSA) is 49.3 Å². The van der Waals surface area contributed by atoms with Crippen molar-refractivity contribution in [2.75, 3.05) is 6.54 Å². The lowest BCUT2D eigenvalue weighted by Gasteiger charge is -2.24. The number of carbonyl (C=O) groups excluding carboxylic acids is 1. The summed E-state index contributed by atoms with van der Waals surface area (Å²) in [7, 11) is 0. The van der Waals surface area contributed by atoms with Gasteiger partial charge in [-0.15, -0.1) is 0 Å². The number of benzene rings is 2. The zero-order valence-electron chi connectivity index (χ0n) is 12.0. The second kappa shape index (κ2) is 6.37. The lowest BCUT2D eigenvalue weighted by atomic mass is 9.95. The highest BCUT2D eigenvalue weighted by atomic mass is 19.2. The number of hydrogen-bond donors (Lipinski definition) is 2. The van der Waals surface area contributed by atoms with Gasteiger partial charge in [0, 0.05) is 17.2 Å². The molecule has 0 saturated carbocycles. The van der Waals surface area contributed by atoms with E-state index in [4.69, 9.17) is 0 Å². The highest BCUT2D eigenvalue weighted by Crippen LogP contribution is 2.23. The van der Waals surface area contributed by atoms with E-state index in [0.717, 1.165) is 24.3 Å². The van der Waals surface area contributed by atoms with Gasteiger partial charge in [-0.05, 0) is 31.2 Å². The molecule has 0 spiro atoms. The summed E-state index contributed by atoms with van der Waals surface area (Å²) in [5.41, 5.74) is -2.17. The van der Waals surface area contributed by atoms with Gasteiger partial charge in [0.15, 0.2) is 11.6 Å². The summed E-state index contributed by atoms with van der Waals surface area (Å²) in [4.78, 5) is 11.9. The van der Waals surface area contributed by atoms with E-state index in [-0.39, 0.29) is 11.1 Å². The van der Waals surface area contributed by atoms with E-state index in [2.05, 4.69) is 5.32 Å². The molecule has 2 aromatic carbocycles. The molecule has 0 saturated heterocycles. The average molecular weight is 327 g/mol. The van der Waals surface area contributed by atoms with Crippen LogP contribution in [-0.2, 0) is 5.60 Å². The number of hydrogen-bond acceptors (Lipinski definition) is 2. The van der Waals surface area contributed by atoms with Crippen LogP contribution in [0.25, 0.3) is 0 Å². The van der Waals surface area contributed by atoms with Crippen LogP contribution < -0.4 is 5.32 Å². The maximum absolute atomic E-state index is 13.7.